The third-order valence-electron chi connectivity index (χ3n) is 7.26. The van der Waals surface area contributed by atoms with Gasteiger partial charge in [0.25, 0.3) is 11.8 Å². The van der Waals surface area contributed by atoms with Crippen LogP contribution in [0.4, 0.5) is 9.18 Å². The standard InChI is InChI=1S/C24H33FN4O3/c1-17-11-13-24(14-12-17)22(31)29(23(32)26-24)27-21(30)16-28(20-5-3-2-4-6-20)15-18-7-9-19(25)10-8-18/h7-10,17,20H,2-6,11-16H2,1H3,(H,26,32)(H,27,30). The summed E-state index contributed by atoms with van der Waals surface area (Å²) in [7, 11) is 0. The van der Waals surface area contributed by atoms with Crippen molar-refractivity contribution in [3.05, 3.63) is 35.6 Å². The average Bonchev–Trinajstić information content (AvgIpc) is 3.01. The van der Waals surface area contributed by atoms with E-state index in [2.05, 4.69) is 22.6 Å². The topological polar surface area (TPSA) is 81.8 Å². The van der Waals surface area contributed by atoms with Gasteiger partial charge in [-0.2, -0.15) is 5.01 Å². The maximum absolute atomic E-state index is 13.3. The lowest BCUT2D eigenvalue weighted by Crippen LogP contribution is -2.53. The predicted molar refractivity (Wildman–Crippen MR) is 118 cm³/mol. The van der Waals surface area contributed by atoms with Crippen molar-refractivity contribution in [2.45, 2.75) is 82.8 Å². The molecule has 4 amide bonds. The van der Waals surface area contributed by atoms with Crippen LogP contribution in [0.2, 0.25) is 0 Å². The number of nitrogens with zero attached hydrogens (tertiary/aromatic N) is 2. The van der Waals surface area contributed by atoms with Gasteiger partial charge >= 0.3 is 6.03 Å². The Morgan fingerprint density at radius 2 is 1.78 bits per heavy atom. The van der Waals surface area contributed by atoms with Crippen LogP contribution in [0.5, 0.6) is 0 Å². The fraction of sp³-hybridized carbons (Fsp3) is 0.625. The summed E-state index contributed by atoms with van der Waals surface area (Å²) in [6, 6.07) is 6.00. The average molecular weight is 445 g/mol. The van der Waals surface area contributed by atoms with Crippen molar-refractivity contribution in [3.63, 3.8) is 0 Å². The van der Waals surface area contributed by atoms with Crippen molar-refractivity contribution in [1.29, 1.82) is 0 Å². The van der Waals surface area contributed by atoms with Gasteiger partial charge in [-0.25, -0.2) is 9.18 Å². The van der Waals surface area contributed by atoms with E-state index < -0.39 is 11.6 Å². The van der Waals surface area contributed by atoms with Crippen LogP contribution in [0.15, 0.2) is 24.3 Å². The van der Waals surface area contributed by atoms with Crippen molar-refractivity contribution in [2.24, 2.45) is 5.92 Å². The molecule has 0 unspecified atom stereocenters. The van der Waals surface area contributed by atoms with E-state index in [0.717, 1.165) is 49.1 Å². The first-order chi connectivity index (χ1) is 15.4. The van der Waals surface area contributed by atoms with Crippen molar-refractivity contribution >= 4 is 17.8 Å². The molecule has 1 heterocycles. The number of rotatable bonds is 6. The quantitative estimate of drug-likeness (QED) is 0.658. The molecule has 3 aliphatic rings. The van der Waals surface area contributed by atoms with Gasteiger partial charge in [-0.3, -0.25) is 19.9 Å². The summed E-state index contributed by atoms with van der Waals surface area (Å²) in [5, 5.41) is 3.70. The van der Waals surface area contributed by atoms with E-state index in [9.17, 15) is 18.8 Å². The van der Waals surface area contributed by atoms with Gasteiger partial charge in [0.1, 0.15) is 11.4 Å². The molecule has 0 bridgehead atoms. The molecular weight excluding hydrogens is 411 g/mol. The lowest BCUT2D eigenvalue weighted by molar-refractivity contribution is -0.140. The van der Waals surface area contributed by atoms with Crippen LogP contribution in [0.25, 0.3) is 0 Å². The summed E-state index contributed by atoms with van der Waals surface area (Å²) in [5.74, 6) is -0.502. The van der Waals surface area contributed by atoms with Gasteiger partial charge in [0, 0.05) is 12.6 Å². The molecule has 7 nitrogen and oxygen atoms in total. The number of halogens is 1. The van der Waals surface area contributed by atoms with E-state index in [1.54, 1.807) is 12.1 Å². The minimum absolute atomic E-state index is 0.0726. The number of carbonyl (C=O) groups excluding carboxylic acids is 3. The smallest absolute Gasteiger partial charge is 0.322 e. The first-order valence-corrected chi connectivity index (χ1v) is 11.8. The second-order valence-corrected chi connectivity index (χ2v) is 9.69. The molecule has 2 N–H and O–H groups in total. The van der Waals surface area contributed by atoms with E-state index in [1.165, 1.54) is 18.6 Å². The summed E-state index contributed by atoms with van der Waals surface area (Å²) >= 11 is 0. The lowest BCUT2D eigenvalue weighted by atomic mass is 9.77. The molecule has 8 heteroatoms. The highest BCUT2D eigenvalue weighted by atomic mass is 19.1. The number of amides is 4. The molecule has 1 aromatic rings. The third-order valence-corrected chi connectivity index (χ3v) is 7.26. The van der Waals surface area contributed by atoms with E-state index in [0.29, 0.717) is 25.3 Å². The lowest BCUT2D eigenvalue weighted by Gasteiger charge is -2.34. The Balaban J connectivity index is 1.41. The van der Waals surface area contributed by atoms with Gasteiger partial charge in [0.05, 0.1) is 6.54 Å². The Kier molecular flexibility index (Phi) is 6.79. The molecule has 1 aromatic carbocycles. The maximum atomic E-state index is 13.3. The van der Waals surface area contributed by atoms with Crippen molar-refractivity contribution in [2.75, 3.05) is 6.54 Å². The zero-order valence-electron chi connectivity index (χ0n) is 18.7. The Morgan fingerprint density at radius 1 is 1.12 bits per heavy atom. The van der Waals surface area contributed by atoms with Gasteiger partial charge in [0.15, 0.2) is 0 Å². The molecule has 2 aliphatic carbocycles. The third kappa shape index (κ3) is 4.95. The fourth-order valence-corrected chi connectivity index (χ4v) is 5.24. The molecular formula is C24H33FN4O3. The van der Waals surface area contributed by atoms with Crippen LogP contribution >= 0.6 is 0 Å². The predicted octanol–water partition coefficient (Wildman–Crippen LogP) is 3.49. The molecule has 1 saturated heterocycles. The normalized spacial score (nSPS) is 26.6. The monoisotopic (exact) mass is 444 g/mol. The number of imide groups is 1. The zero-order chi connectivity index (χ0) is 22.7. The molecule has 3 fully saturated rings. The first-order valence-electron chi connectivity index (χ1n) is 11.8. The number of urea groups is 1. The minimum atomic E-state index is -0.881. The number of benzene rings is 1. The van der Waals surface area contributed by atoms with Gasteiger partial charge < -0.3 is 5.32 Å². The minimum Gasteiger partial charge on any atom is -0.322 e. The molecule has 0 aromatic heterocycles. The number of carbonyl (C=O) groups is 3. The second-order valence-electron chi connectivity index (χ2n) is 9.69. The summed E-state index contributed by atoms with van der Waals surface area (Å²) in [5.41, 5.74) is 2.60. The fourth-order valence-electron chi connectivity index (χ4n) is 5.24. The highest BCUT2D eigenvalue weighted by molar-refractivity contribution is 6.08. The van der Waals surface area contributed by atoms with Crippen molar-refractivity contribution < 1.29 is 18.8 Å². The van der Waals surface area contributed by atoms with Crippen molar-refractivity contribution in [3.8, 4) is 0 Å². The van der Waals surface area contributed by atoms with Crippen LogP contribution < -0.4 is 10.7 Å². The van der Waals surface area contributed by atoms with E-state index in [-0.39, 0.29) is 30.2 Å². The molecule has 0 radical (unpaired) electrons. The summed E-state index contributed by atoms with van der Waals surface area (Å²) in [6.07, 6.45) is 8.37. The van der Waals surface area contributed by atoms with Gasteiger partial charge in [-0.05, 0) is 62.1 Å². The number of nitrogens with one attached hydrogen (secondary N) is 2. The molecule has 0 atom stereocenters. The van der Waals surface area contributed by atoms with Crippen LogP contribution in [-0.4, -0.2) is 45.9 Å². The number of hydrazine groups is 1. The van der Waals surface area contributed by atoms with Gasteiger partial charge in [-0.1, -0.05) is 38.3 Å². The van der Waals surface area contributed by atoms with Gasteiger partial charge in [-0.15, -0.1) is 0 Å². The number of hydrogen-bond acceptors (Lipinski definition) is 4. The molecule has 2 saturated carbocycles. The Morgan fingerprint density at radius 3 is 2.44 bits per heavy atom. The van der Waals surface area contributed by atoms with Crippen molar-refractivity contribution in [1.82, 2.24) is 20.7 Å². The molecule has 174 valence electrons. The zero-order valence-corrected chi connectivity index (χ0v) is 18.7. The Labute approximate surface area is 188 Å². The van der Waals surface area contributed by atoms with E-state index in [4.69, 9.17) is 0 Å². The van der Waals surface area contributed by atoms with Crippen LogP contribution in [0.1, 0.15) is 70.3 Å². The highest BCUT2D eigenvalue weighted by Crippen LogP contribution is 2.35. The largest absolute Gasteiger partial charge is 0.344 e. The summed E-state index contributed by atoms with van der Waals surface area (Å²) in [6.45, 7) is 2.73. The first kappa shape index (κ1) is 22.7. The molecule has 4 rings (SSSR count). The Hall–Kier alpha value is -2.48. The van der Waals surface area contributed by atoms with Gasteiger partial charge in [0.2, 0.25) is 0 Å². The Bertz CT molecular complexity index is 845. The van der Waals surface area contributed by atoms with E-state index in [1.807, 2.05) is 0 Å². The molecule has 1 aliphatic heterocycles. The maximum Gasteiger partial charge on any atom is 0.344 e. The van der Waals surface area contributed by atoms with Crippen LogP contribution in [0.3, 0.4) is 0 Å². The SMILES string of the molecule is CC1CCC2(CC1)NC(=O)N(NC(=O)CN(Cc1ccc(F)cc1)C1CCCCC1)C2=O. The van der Waals surface area contributed by atoms with Crippen LogP contribution in [0, 0.1) is 11.7 Å². The van der Waals surface area contributed by atoms with Crippen LogP contribution in [-0.2, 0) is 16.1 Å². The summed E-state index contributed by atoms with van der Waals surface area (Å²) < 4.78 is 13.3. The summed E-state index contributed by atoms with van der Waals surface area (Å²) in [4.78, 5) is 40.5. The highest BCUT2D eigenvalue weighted by Gasteiger charge is 2.53. The molecule has 1 spiro atoms. The number of hydrogen-bond donors (Lipinski definition) is 2. The molecule has 32 heavy (non-hydrogen) atoms. The van der Waals surface area contributed by atoms with E-state index >= 15 is 0 Å². The second kappa shape index (κ2) is 9.57.